The van der Waals surface area contributed by atoms with Crippen LogP contribution in [0.3, 0.4) is 0 Å². The topological polar surface area (TPSA) is 66.9 Å². The Morgan fingerprint density at radius 3 is 2.26 bits per heavy atom. The molecule has 0 saturated carbocycles. The second-order valence-corrected chi connectivity index (χ2v) is 8.94. The minimum absolute atomic E-state index is 0.0789. The normalized spacial score (nSPS) is 14.9. The number of anilines is 1. The maximum Gasteiger partial charge on any atom is 0.340 e. The Hall–Kier alpha value is -1.77. The van der Waals surface area contributed by atoms with E-state index in [1.54, 1.807) is 37.3 Å². The van der Waals surface area contributed by atoms with Gasteiger partial charge in [0.15, 0.2) is 0 Å². The molecular weight excluding hydrogens is 456 g/mol. The van der Waals surface area contributed by atoms with E-state index in [1.807, 2.05) is 4.90 Å². The molecule has 1 fully saturated rings. The van der Waals surface area contributed by atoms with Crippen molar-refractivity contribution in [2.45, 2.75) is 11.8 Å². The highest BCUT2D eigenvalue weighted by atomic mass is 79.9. The van der Waals surface area contributed by atoms with Gasteiger partial charge in [0.25, 0.3) is 0 Å². The quantitative estimate of drug-likeness (QED) is 0.636. The van der Waals surface area contributed by atoms with Crippen LogP contribution in [0.15, 0.2) is 51.8 Å². The molecule has 0 atom stereocenters. The molecule has 2 aromatic carbocycles. The van der Waals surface area contributed by atoms with Gasteiger partial charge in [-0.2, -0.15) is 8.42 Å². The lowest BCUT2D eigenvalue weighted by Gasteiger charge is -2.35. The predicted molar refractivity (Wildman–Crippen MR) is 108 cm³/mol. The van der Waals surface area contributed by atoms with Crippen LogP contribution in [0.5, 0.6) is 5.75 Å². The van der Waals surface area contributed by atoms with Crippen molar-refractivity contribution in [1.29, 1.82) is 0 Å². The van der Waals surface area contributed by atoms with Crippen LogP contribution in [0.25, 0.3) is 0 Å². The number of carbonyl (C=O) groups excluding carboxylic acids is 1. The Bertz CT molecular complexity index is 942. The van der Waals surface area contributed by atoms with E-state index < -0.39 is 10.1 Å². The van der Waals surface area contributed by atoms with Crippen LogP contribution in [-0.4, -0.2) is 45.4 Å². The summed E-state index contributed by atoms with van der Waals surface area (Å²) in [5.41, 5.74) is 0.949. The number of piperazine rings is 1. The first kappa shape index (κ1) is 20.0. The molecule has 0 N–H and O–H groups in total. The SMILES string of the molecule is CC(=O)N1CCN(c2ccc(OS(=O)(=O)c3ccc(Br)cc3Cl)cc2)CC1. The Morgan fingerprint density at radius 1 is 1.07 bits per heavy atom. The minimum Gasteiger partial charge on any atom is -0.379 e. The zero-order valence-corrected chi connectivity index (χ0v) is 17.7. The molecule has 1 heterocycles. The average Bonchev–Trinajstić information content (AvgIpc) is 2.62. The molecule has 1 amide bonds. The van der Waals surface area contributed by atoms with Crippen LogP contribution in [-0.2, 0) is 14.9 Å². The van der Waals surface area contributed by atoms with Gasteiger partial charge in [-0.15, -0.1) is 0 Å². The Balaban J connectivity index is 1.70. The number of carbonyl (C=O) groups is 1. The van der Waals surface area contributed by atoms with Gasteiger partial charge in [0, 0.05) is 43.3 Å². The number of rotatable bonds is 4. The molecule has 2 aromatic rings. The monoisotopic (exact) mass is 472 g/mol. The Morgan fingerprint density at radius 2 is 1.70 bits per heavy atom. The molecule has 144 valence electrons. The van der Waals surface area contributed by atoms with E-state index in [-0.39, 0.29) is 21.6 Å². The average molecular weight is 474 g/mol. The summed E-state index contributed by atoms with van der Waals surface area (Å²) in [4.78, 5) is 15.3. The Labute approximate surface area is 171 Å². The molecule has 1 aliphatic heterocycles. The molecule has 27 heavy (non-hydrogen) atoms. The van der Waals surface area contributed by atoms with Gasteiger partial charge in [-0.05, 0) is 42.5 Å². The third-order valence-electron chi connectivity index (χ3n) is 4.30. The van der Waals surface area contributed by atoms with Crippen molar-refractivity contribution in [1.82, 2.24) is 4.90 Å². The number of nitrogens with zero attached hydrogens (tertiary/aromatic N) is 2. The van der Waals surface area contributed by atoms with E-state index in [4.69, 9.17) is 15.8 Å². The summed E-state index contributed by atoms with van der Waals surface area (Å²) in [7, 11) is -4.03. The molecule has 3 rings (SSSR count). The fourth-order valence-corrected chi connectivity index (χ4v) is 4.79. The van der Waals surface area contributed by atoms with Gasteiger partial charge in [0.1, 0.15) is 10.6 Å². The van der Waals surface area contributed by atoms with Gasteiger partial charge < -0.3 is 14.0 Å². The molecule has 0 aliphatic carbocycles. The molecule has 0 bridgehead atoms. The standard InChI is InChI=1S/C18H18BrClN2O4S/c1-13(23)21-8-10-22(11-9-21)15-3-5-16(6-4-15)26-27(24,25)18-7-2-14(19)12-17(18)20/h2-7,12H,8-11H2,1H3. The van der Waals surface area contributed by atoms with E-state index >= 15 is 0 Å². The van der Waals surface area contributed by atoms with Crippen LogP contribution in [0.2, 0.25) is 5.02 Å². The molecule has 0 unspecified atom stereocenters. The summed E-state index contributed by atoms with van der Waals surface area (Å²) < 4.78 is 30.8. The van der Waals surface area contributed by atoms with E-state index in [0.717, 1.165) is 18.8 Å². The first-order valence-corrected chi connectivity index (χ1v) is 10.8. The lowest BCUT2D eigenvalue weighted by Crippen LogP contribution is -2.48. The maximum atomic E-state index is 12.5. The van der Waals surface area contributed by atoms with Crippen molar-refractivity contribution in [2.75, 3.05) is 31.1 Å². The van der Waals surface area contributed by atoms with Crippen LogP contribution in [0.1, 0.15) is 6.92 Å². The number of halogens is 2. The van der Waals surface area contributed by atoms with E-state index in [0.29, 0.717) is 17.6 Å². The van der Waals surface area contributed by atoms with Gasteiger partial charge in [-0.1, -0.05) is 27.5 Å². The van der Waals surface area contributed by atoms with Crippen molar-refractivity contribution in [2.24, 2.45) is 0 Å². The Kier molecular flexibility index (Phi) is 5.98. The first-order valence-electron chi connectivity index (χ1n) is 8.26. The highest BCUT2D eigenvalue weighted by Crippen LogP contribution is 2.29. The summed E-state index contributed by atoms with van der Waals surface area (Å²) >= 11 is 9.26. The third-order valence-corrected chi connectivity index (χ3v) is 6.52. The van der Waals surface area contributed by atoms with Crippen LogP contribution in [0.4, 0.5) is 5.69 Å². The number of hydrogen-bond acceptors (Lipinski definition) is 5. The first-order chi connectivity index (χ1) is 12.8. The molecule has 0 spiro atoms. The number of benzene rings is 2. The second kappa shape index (κ2) is 8.08. The smallest absolute Gasteiger partial charge is 0.340 e. The van der Waals surface area contributed by atoms with Crippen molar-refractivity contribution < 1.29 is 17.4 Å². The van der Waals surface area contributed by atoms with Gasteiger partial charge in [-0.25, -0.2) is 0 Å². The van der Waals surface area contributed by atoms with E-state index in [9.17, 15) is 13.2 Å². The van der Waals surface area contributed by atoms with Gasteiger partial charge in [-0.3, -0.25) is 4.79 Å². The molecule has 9 heteroatoms. The zero-order chi connectivity index (χ0) is 19.6. The lowest BCUT2D eigenvalue weighted by atomic mass is 10.2. The van der Waals surface area contributed by atoms with Crippen LogP contribution < -0.4 is 9.08 Å². The summed E-state index contributed by atoms with van der Waals surface area (Å²) in [6.45, 7) is 4.37. The van der Waals surface area contributed by atoms with E-state index in [1.165, 1.54) is 12.1 Å². The van der Waals surface area contributed by atoms with E-state index in [2.05, 4.69) is 20.8 Å². The predicted octanol–water partition coefficient (Wildman–Crippen LogP) is 3.54. The minimum atomic E-state index is -4.03. The van der Waals surface area contributed by atoms with Crippen LogP contribution >= 0.6 is 27.5 Å². The fourth-order valence-electron chi connectivity index (χ4n) is 2.84. The van der Waals surface area contributed by atoms with Gasteiger partial charge in [0.05, 0.1) is 5.02 Å². The third kappa shape index (κ3) is 4.75. The highest BCUT2D eigenvalue weighted by molar-refractivity contribution is 9.10. The maximum absolute atomic E-state index is 12.5. The van der Waals surface area contributed by atoms with Crippen molar-refractivity contribution in [3.05, 3.63) is 52.0 Å². The largest absolute Gasteiger partial charge is 0.379 e. The summed E-state index contributed by atoms with van der Waals surface area (Å²) in [6, 6.07) is 11.3. The summed E-state index contributed by atoms with van der Waals surface area (Å²) in [5.74, 6) is 0.287. The molecule has 0 aromatic heterocycles. The van der Waals surface area contributed by atoms with Crippen molar-refractivity contribution in [3.8, 4) is 5.75 Å². The van der Waals surface area contributed by atoms with Crippen molar-refractivity contribution >= 4 is 49.2 Å². The summed E-state index contributed by atoms with van der Waals surface area (Å²) in [6.07, 6.45) is 0. The lowest BCUT2D eigenvalue weighted by molar-refractivity contribution is -0.129. The number of amides is 1. The zero-order valence-electron chi connectivity index (χ0n) is 14.6. The van der Waals surface area contributed by atoms with Crippen LogP contribution in [0, 0.1) is 0 Å². The fraction of sp³-hybridized carbons (Fsp3) is 0.278. The highest BCUT2D eigenvalue weighted by Gasteiger charge is 2.22. The molecule has 1 saturated heterocycles. The molecule has 0 radical (unpaired) electrons. The van der Waals surface area contributed by atoms with Gasteiger partial charge >= 0.3 is 10.1 Å². The summed E-state index contributed by atoms with van der Waals surface area (Å²) in [5, 5.41) is 0.0873. The molecule has 6 nitrogen and oxygen atoms in total. The molecular formula is C18H18BrClN2O4S. The van der Waals surface area contributed by atoms with Gasteiger partial charge in [0.2, 0.25) is 5.91 Å². The second-order valence-electron chi connectivity index (χ2n) is 6.10. The molecule has 1 aliphatic rings. The van der Waals surface area contributed by atoms with Crippen molar-refractivity contribution in [3.63, 3.8) is 0 Å². The number of hydrogen-bond donors (Lipinski definition) is 0.